The number of aliphatic carboxylic acids is 1. The maximum Gasteiger partial charge on any atom is 0.306 e. The lowest BCUT2D eigenvalue weighted by Crippen LogP contribution is -2.29. The van der Waals surface area contributed by atoms with Crippen LogP contribution in [0.3, 0.4) is 0 Å². The molecule has 0 aliphatic heterocycles. The number of hydrogen-bond donors (Lipinski definition) is 2. The van der Waals surface area contributed by atoms with Gasteiger partial charge in [-0.05, 0) is 62.0 Å². The van der Waals surface area contributed by atoms with Crippen molar-refractivity contribution < 1.29 is 14.3 Å². The highest BCUT2D eigenvalue weighted by molar-refractivity contribution is 7.71. The molecule has 0 atom stereocenters. The molecule has 0 amide bonds. The average Bonchev–Trinajstić information content (AvgIpc) is 2.53. The van der Waals surface area contributed by atoms with Crippen LogP contribution >= 0.6 is 12.2 Å². The Morgan fingerprint density at radius 2 is 2.04 bits per heavy atom. The summed E-state index contributed by atoms with van der Waals surface area (Å²) in [6.07, 6.45) is 2.74. The van der Waals surface area contributed by atoms with Gasteiger partial charge in [0.25, 0.3) is 5.56 Å². The van der Waals surface area contributed by atoms with Gasteiger partial charge in [-0.2, -0.15) is 0 Å². The third-order valence-corrected chi connectivity index (χ3v) is 4.90. The van der Waals surface area contributed by atoms with Gasteiger partial charge in [-0.1, -0.05) is 0 Å². The van der Waals surface area contributed by atoms with Crippen LogP contribution in [0.5, 0.6) is 0 Å². The van der Waals surface area contributed by atoms with Gasteiger partial charge in [0.1, 0.15) is 5.82 Å². The second kappa shape index (κ2) is 6.23. The van der Waals surface area contributed by atoms with Crippen LogP contribution in [0.4, 0.5) is 4.39 Å². The largest absolute Gasteiger partial charge is 0.481 e. The van der Waals surface area contributed by atoms with Gasteiger partial charge in [-0.3, -0.25) is 14.2 Å². The maximum absolute atomic E-state index is 13.4. The Labute approximate surface area is 136 Å². The third kappa shape index (κ3) is 3.19. The molecule has 2 N–H and O–H groups in total. The summed E-state index contributed by atoms with van der Waals surface area (Å²) in [7, 11) is 0. The van der Waals surface area contributed by atoms with E-state index in [1.165, 1.54) is 22.8 Å². The van der Waals surface area contributed by atoms with Crippen molar-refractivity contribution in [1.29, 1.82) is 0 Å². The van der Waals surface area contributed by atoms with Gasteiger partial charge in [0.15, 0.2) is 4.77 Å². The Hall–Kier alpha value is -2.02. The van der Waals surface area contributed by atoms with E-state index in [9.17, 15) is 14.0 Å². The van der Waals surface area contributed by atoms with Crippen molar-refractivity contribution in [2.75, 3.05) is 0 Å². The average molecular weight is 336 g/mol. The van der Waals surface area contributed by atoms with Crippen molar-refractivity contribution >= 4 is 29.1 Å². The SMILES string of the molecule is O=C(O)C1CCC(Cn2c(=S)[nH]c3ccc(F)cc3c2=O)CC1. The monoisotopic (exact) mass is 336 g/mol. The van der Waals surface area contributed by atoms with Crippen LogP contribution in [-0.4, -0.2) is 20.6 Å². The minimum absolute atomic E-state index is 0.212. The quantitative estimate of drug-likeness (QED) is 0.845. The molecule has 1 fully saturated rings. The van der Waals surface area contributed by atoms with E-state index in [0.717, 1.165) is 12.8 Å². The molecule has 3 rings (SSSR count). The lowest BCUT2D eigenvalue weighted by Gasteiger charge is -2.26. The Kier molecular flexibility index (Phi) is 4.30. The summed E-state index contributed by atoms with van der Waals surface area (Å²) in [5.74, 6) is -1.29. The summed E-state index contributed by atoms with van der Waals surface area (Å²) < 4.78 is 15.2. The summed E-state index contributed by atoms with van der Waals surface area (Å²) in [6.45, 7) is 0.437. The van der Waals surface area contributed by atoms with Gasteiger partial charge in [0.2, 0.25) is 0 Å². The molecule has 1 saturated carbocycles. The predicted octanol–water partition coefficient (Wildman–Crippen LogP) is 3.09. The molecule has 7 heteroatoms. The van der Waals surface area contributed by atoms with Crippen molar-refractivity contribution in [3.8, 4) is 0 Å². The molecule has 1 heterocycles. The van der Waals surface area contributed by atoms with Crippen LogP contribution in [-0.2, 0) is 11.3 Å². The zero-order valence-electron chi connectivity index (χ0n) is 12.4. The molecule has 0 saturated heterocycles. The van der Waals surface area contributed by atoms with E-state index >= 15 is 0 Å². The second-order valence-corrected chi connectivity index (χ2v) is 6.48. The molecule has 122 valence electrons. The van der Waals surface area contributed by atoms with Crippen molar-refractivity contribution in [3.63, 3.8) is 0 Å². The van der Waals surface area contributed by atoms with Crippen LogP contribution in [0.25, 0.3) is 10.9 Å². The summed E-state index contributed by atoms with van der Waals surface area (Å²) in [5.41, 5.74) is 0.218. The molecule has 0 spiro atoms. The van der Waals surface area contributed by atoms with Gasteiger partial charge < -0.3 is 10.1 Å². The fourth-order valence-corrected chi connectivity index (χ4v) is 3.51. The number of halogens is 1. The Bertz CT molecular complexity index is 866. The van der Waals surface area contributed by atoms with E-state index in [1.807, 2.05) is 0 Å². The molecule has 0 radical (unpaired) electrons. The minimum atomic E-state index is -0.751. The number of hydrogen-bond acceptors (Lipinski definition) is 3. The third-order valence-electron chi connectivity index (χ3n) is 4.58. The number of carboxylic acid groups (broad SMARTS) is 1. The van der Waals surface area contributed by atoms with Crippen molar-refractivity contribution in [1.82, 2.24) is 9.55 Å². The highest BCUT2D eigenvalue weighted by Crippen LogP contribution is 2.29. The molecular weight excluding hydrogens is 319 g/mol. The maximum atomic E-state index is 13.4. The van der Waals surface area contributed by atoms with Gasteiger partial charge in [0, 0.05) is 6.54 Å². The molecule has 0 unspecified atom stereocenters. The summed E-state index contributed by atoms with van der Waals surface area (Å²) in [5, 5.41) is 9.31. The van der Waals surface area contributed by atoms with Crippen molar-refractivity contribution in [2.45, 2.75) is 32.2 Å². The zero-order chi connectivity index (χ0) is 16.6. The fraction of sp³-hybridized carbons (Fsp3) is 0.438. The standard InChI is InChI=1S/C16H17FN2O3S/c17-11-5-6-13-12(7-11)14(20)19(16(23)18-13)8-9-1-3-10(4-2-9)15(21)22/h5-7,9-10H,1-4,8H2,(H,18,23)(H,21,22). The van der Waals surface area contributed by atoms with Gasteiger partial charge >= 0.3 is 5.97 Å². The number of carbonyl (C=O) groups is 1. The van der Waals surface area contributed by atoms with E-state index in [4.69, 9.17) is 17.3 Å². The van der Waals surface area contributed by atoms with Gasteiger partial charge in [0.05, 0.1) is 16.8 Å². The first-order valence-electron chi connectivity index (χ1n) is 7.61. The number of fused-ring (bicyclic) bond motifs is 1. The minimum Gasteiger partial charge on any atom is -0.481 e. The van der Waals surface area contributed by atoms with Crippen LogP contribution in [0.15, 0.2) is 23.0 Å². The number of carboxylic acids is 1. The Morgan fingerprint density at radius 3 is 2.70 bits per heavy atom. The number of aromatic amines is 1. The van der Waals surface area contributed by atoms with Crippen molar-refractivity contribution in [2.24, 2.45) is 11.8 Å². The normalized spacial score (nSPS) is 21.4. The van der Waals surface area contributed by atoms with E-state index in [0.29, 0.717) is 29.7 Å². The molecule has 0 bridgehead atoms. The molecule has 5 nitrogen and oxygen atoms in total. The molecular formula is C16H17FN2O3S. The van der Waals surface area contributed by atoms with Crippen molar-refractivity contribution in [3.05, 3.63) is 39.1 Å². The predicted molar refractivity (Wildman–Crippen MR) is 86.4 cm³/mol. The molecule has 1 aliphatic carbocycles. The fourth-order valence-electron chi connectivity index (χ4n) is 3.24. The molecule has 1 aromatic carbocycles. The highest BCUT2D eigenvalue weighted by Gasteiger charge is 2.26. The first-order valence-corrected chi connectivity index (χ1v) is 8.01. The van der Waals surface area contributed by atoms with E-state index in [2.05, 4.69) is 4.98 Å². The molecule has 23 heavy (non-hydrogen) atoms. The van der Waals surface area contributed by atoms with Gasteiger partial charge in [-0.15, -0.1) is 0 Å². The first kappa shape index (κ1) is 15.9. The smallest absolute Gasteiger partial charge is 0.306 e. The Morgan fingerprint density at radius 1 is 1.35 bits per heavy atom. The summed E-state index contributed by atoms with van der Waals surface area (Å²) in [4.78, 5) is 26.5. The number of H-pyrrole nitrogens is 1. The zero-order valence-corrected chi connectivity index (χ0v) is 13.2. The molecule has 1 aliphatic rings. The summed E-state index contributed by atoms with van der Waals surface area (Å²) >= 11 is 5.25. The Balaban J connectivity index is 1.88. The van der Waals surface area contributed by atoms with Crippen LogP contribution in [0, 0.1) is 22.4 Å². The van der Waals surface area contributed by atoms with Crippen LogP contribution < -0.4 is 5.56 Å². The van der Waals surface area contributed by atoms with Crippen LogP contribution in [0.2, 0.25) is 0 Å². The number of nitrogens with one attached hydrogen (secondary N) is 1. The lowest BCUT2D eigenvalue weighted by molar-refractivity contribution is -0.143. The topological polar surface area (TPSA) is 75.1 Å². The van der Waals surface area contributed by atoms with E-state index in [1.54, 1.807) is 0 Å². The molecule has 2 aromatic rings. The number of aromatic nitrogens is 2. The van der Waals surface area contributed by atoms with Crippen LogP contribution in [0.1, 0.15) is 25.7 Å². The second-order valence-electron chi connectivity index (χ2n) is 6.09. The number of benzene rings is 1. The highest BCUT2D eigenvalue weighted by atomic mass is 32.1. The first-order chi connectivity index (χ1) is 11.0. The number of rotatable bonds is 3. The van der Waals surface area contributed by atoms with Gasteiger partial charge in [-0.25, -0.2) is 4.39 Å². The summed E-state index contributed by atoms with van der Waals surface area (Å²) in [6, 6.07) is 4.00. The molecule has 1 aromatic heterocycles. The van der Waals surface area contributed by atoms with E-state index in [-0.39, 0.29) is 22.8 Å². The van der Waals surface area contributed by atoms with E-state index < -0.39 is 11.8 Å². The lowest BCUT2D eigenvalue weighted by atomic mass is 9.82. The number of nitrogens with zero attached hydrogens (tertiary/aromatic N) is 1.